The van der Waals surface area contributed by atoms with E-state index < -0.39 is 10.0 Å². The number of benzene rings is 1. The highest BCUT2D eigenvalue weighted by molar-refractivity contribution is 7.89. The van der Waals surface area contributed by atoms with Crippen molar-refractivity contribution in [3.8, 4) is 5.75 Å². The summed E-state index contributed by atoms with van der Waals surface area (Å²) in [5.41, 5.74) is 0.427. The third-order valence-electron chi connectivity index (χ3n) is 3.95. The molecule has 2 aromatic rings. The number of carbonyl (C=O) groups excluding carboxylic acids is 1. The summed E-state index contributed by atoms with van der Waals surface area (Å²) in [6.45, 7) is 1.16. The van der Waals surface area contributed by atoms with Crippen LogP contribution in [0.4, 0.5) is 5.69 Å². The Balaban J connectivity index is 1.69. The molecule has 1 saturated heterocycles. The lowest BCUT2D eigenvalue weighted by Gasteiger charge is -2.24. The van der Waals surface area contributed by atoms with Crippen LogP contribution < -0.4 is 10.1 Å². The Morgan fingerprint density at radius 3 is 2.81 bits per heavy atom. The Kier molecular flexibility index (Phi) is 6.00. The van der Waals surface area contributed by atoms with Crippen molar-refractivity contribution in [2.45, 2.75) is 11.6 Å². The lowest BCUT2D eigenvalue weighted by Crippen LogP contribution is -2.40. The molecular formula is C16H19ClN4O5S. The van der Waals surface area contributed by atoms with Gasteiger partial charge in [0.05, 0.1) is 32.3 Å². The van der Waals surface area contributed by atoms with Gasteiger partial charge in [-0.2, -0.15) is 4.31 Å². The van der Waals surface area contributed by atoms with Crippen LogP contribution in [0, 0.1) is 0 Å². The maximum atomic E-state index is 12.6. The predicted molar refractivity (Wildman–Crippen MR) is 98.4 cm³/mol. The number of morpholine rings is 1. The number of nitrogens with one attached hydrogen (secondary N) is 1. The van der Waals surface area contributed by atoms with Crippen molar-refractivity contribution in [2.24, 2.45) is 0 Å². The van der Waals surface area contributed by atoms with E-state index in [4.69, 9.17) is 21.1 Å². The van der Waals surface area contributed by atoms with Crippen LogP contribution in [0.5, 0.6) is 5.75 Å². The van der Waals surface area contributed by atoms with E-state index in [1.807, 2.05) is 0 Å². The molecule has 0 radical (unpaired) electrons. The van der Waals surface area contributed by atoms with E-state index in [0.29, 0.717) is 29.7 Å². The van der Waals surface area contributed by atoms with Crippen molar-refractivity contribution < 1.29 is 22.7 Å². The van der Waals surface area contributed by atoms with E-state index in [1.54, 1.807) is 18.2 Å². The number of sulfonamides is 1. The monoisotopic (exact) mass is 414 g/mol. The van der Waals surface area contributed by atoms with Crippen LogP contribution in [0.2, 0.25) is 5.02 Å². The van der Waals surface area contributed by atoms with Gasteiger partial charge >= 0.3 is 0 Å². The lowest BCUT2D eigenvalue weighted by atomic mass is 10.3. The fourth-order valence-electron chi connectivity index (χ4n) is 2.61. The Morgan fingerprint density at radius 2 is 2.11 bits per heavy atom. The molecule has 1 aliphatic rings. The quantitative estimate of drug-likeness (QED) is 0.762. The second kappa shape index (κ2) is 8.26. The number of aromatic nitrogens is 2. The summed E-state index contributed by atoms with van der Waals surface area (Å²) >= 11 is 5.94. The van der Waals surface area contributed by atoms with Crippen molar-refractivity contribution in [1.82, 2.24) is 13.9 Å². The van der Waals surface area contributed by atoms with E-state index in [2.05, 4.69) is 10.3 Å². The van der Waals surface area contributed by atoms with Gasteiger partial charge in [-0.15, -0.1) is 0 Å². The van der Waals surface area contributed by atoms with E-state index in [1.165, 1.54) is 28.5 Å². The van der Waals surface area contributed by atoms with Crippen molar-refractivity contribution in [3.63, 3.8) is 0 Å². The Morgan fingerprint density at radius 1 is 1.37 bits per heavy atom. The molecule has 1 amide bonds. The molecular weight excluding hydrogens is 396 g/mol. The van der Waals surface area contributed by atoms with Crippen molar-refractivity contribution in [1.29, 1.82) is 0 Å². The van der Waals surface area contributed by atoms with Gasteiger partial charge in [-0.3, -0.25) is 4.79 Å². The molecule has 1 N–H and O–H groups in total. The summed E-state index contributed by atoms with van der Waals surface area (Å²) in [5.74, 6) is 0.0947. The summed E-state index contributed by atoms with van der Waals surface area (Å²) in [7, 11) is -2.22. The molecule has 0 spiro atoms. The van der Waals surface area contributed by atoms with Crippen molar-refractivity contribution >= 4 is 33.2 Å². The number of nitrogens with zero attached hydrogens (tertiary/aromatic N) is 3. The third kappa shape index (κ3) is 4.59. The minimum atomic E-state index is -3.70. The average molecular weight is 415 g/mol. The van der Waals surface area contributed by atoms with Crippen LogP contribution in [0.1, 0.15) is 0 Å². The summed E-state index contributed by atoms with van der Waals surface area (Å²) < 4.78 is 38.2. The number of amides is 1. The molecule has 27 heavy (non-hydrogen) atoms. The number of imidazole rings is 1. The Bertz CT molecular complexity index is 925. The minimum Gasteiger partial charge on any atom is -0.495 e. The highest BCUT2D eigenvalue weighted by atomic mass is 35.5. The van der Waals surface area contributed by atoms with Gasteiger partial charge in [0.1, 0.15) is 12.3 Å². The molecule has 146 valence electrons. The molecule has 0 saturated carbocycles. The van der Waals surface area contributed by atoms with E-state index >= 15 is 0 Å². The summed E-state index contributed by atoms with van der Waals surface area (Å²) in [6, 6.07) is 4.86. The first kappa shape index (κ1) is 19.6. The maximum Gasteiger partial charge on any atom is 0.262 e. The SMILES string of the molecule is COc1ccc(Cl)cc1NC(=O)Cn1cnc(S(=O)(=O)N2CCOCC2)c1. The molecule has 1 aromatic heterocycles. The Hall–Kier alpha value is -2.14. The highest BCUT2D eigenvalue weighted by Gasteiger charge is 2.28. The number of carbonyl (C=O) groups is 1. The lowest BCUT2D eigenvalue weighted by molar-refractivity contribution is -0.116. The van der Waals surface area contributed by atoms with E-state index in [-0.39, 0.29) is 30.6 Å². The predicted octanol–water partition coefficient (Wildman–Crippen LogP) is 1.20. The summed E-state index contributed by atoms with van der Waals surface area (Å²) in [4.78, 5) is 16.2. The first-order valence-corrected chi connectivity index (χ1v) is 9.95. The van der Waals surface area contributed by atoms with Crippen molar-refractivity contribution in [3.05, 3.63) is 35.7 Å². The van der Waals surface area contributed by atoms with Gasteiger partial charge in [0.15, 0.2) is 5.03 Å². The normalized spacial score (nSPS) is 15.5. The number of halogens is 1. The van der Waals surface area contributed by atoms with Gasteiger partial charge < -0.3 is 19.4 Å². The van der Waals surface area contributed by atoms with Crippen LogP contribution in [0.3, 0.4) is 0 Å². The molecule has 11 heteroatoms. The minimum absolute atomic E-state index is 0.0995. The van der Waals surface area contributed by atoms with Gasteiger partial charge in [-0.05, 0) is 18.2 Å². The maximum absolute atomic E-state index is 12.6. The zero-order valence-electron chi connectivity index (χ0n) is 14.6. The number of anilines is 1. The highest BCUT2D eigenvalue weighted by Crippen LogP contribution is 2.27. The standard InChI is InChI=1S/C16H19ClN4O5S/c1-25-14-3-2-12(17)8-13(14)19-15(22)9-20-10-16(18-11-20)27(23,24)21-4-6-26-7-5-21/h2-3,8,10-11H,4-7,9H2,1H3,(H,19,22). The zero-order chi connectivity index (χ0) is 19.4. The molecule has 0 atom stereocenters. The van der Waals surface area contributed by atoms with Crippen LogP contribution in [0.15, 0.2) is 35.7 Å². The van der Waals surface area contributed by atoms with E-state index in [9.17, 15) is 13.2 Å². The molecule has 1 fully saturated rings. The van der Waals surface area contributed by atoms with Gasteiger partial charge in [-0.25, -0.2) is 13.4 Å². The molecule has 0 aliphatic carbocycles. The molecule has 1 aliphatic heterocycles. The van der Waals surface area contributed by atoms with E-state index in [0.717, 1.165) is 0 Å². The van der Waals surface area contributed by atoms with Gasteiger partial charge in [0, 0.05) is 24.3 Å². The molecule has 3 rings (SSSR count). The summed E-state index contributed by atoms with van der Waals surface area (Å²) in [5, 5.41) is 3.04. The Labute approximate surface area is 161 Å². The van der Waals surface area contributed by atoms with Crippen LogP contribution in [-0.4, -0.2) is 61.6 Å². The van der Waals surface area contributed by atoms with Crippen LogP contribution >= 0.6 is 11.6 Å². The topological polar surface area (TPSA) is 103 Å². The molecule has 2 heterocycles. The molecule has 9 nitrogen and oxygen atoms in total. The van der Waals surface area contributed by atoms with Crippen molar-refractivity contribution in [2.75, 3.05) is 38.7 Å². The zero-order valence-corrected chi connectivity index (χ0v) is 16.2. The molecule has 0 bridgehead atoms. The number of hydrogen-bond donors (Lipinski definition) is 1. The second-order valence-electron chi connectivity index (χ2n) is 5.79. The number of ether oxygens (including phenoxy) is 2. The largest absolute Gasteiger partial charge is 0.495 e. The molecule has 0 unspecified atom stereocenters. The molecule has 1 aromatic carbocycles. The smallest absolute Gasteiger partial charge is 0.262 e. The van der Waals surface area contributed by atoms with Crippen LogP contribution in [0.25, 0.3) is 0 Å². The van der Waals surface area contributed by atoms with Gasteiger partial charge in [0.2, 0.25) is 5.91 Å². The first-order valence-electron chi connectivity index (χ1n) is 8.13. The summed E-state index contributed by atoms with van der Waals surface area (Å²) in [6.07, 6.45) is 2.64. The average Bonchev–Trinajstić information content (AvgIpc) is 3.12. The van der Waals surface area contributed by atoms with Crippen LogP contribution in [-0.2, 0) is 26.1 Å². The first-order chi connectivity index (χ1) is 12.9. The fraction of sp³-hybridized carbons (Fsp3) is 0.375. The van der Waals surface area contributed by atoms with Gasteiger partial charge in [0.25, 0.3) is 10.0 Å². The number of hydrogen-bond acceptors (Lipinski definition) is 6. The number of rotatable bonds is 6. The fourth-order valence-corrected chi connectivity index (χ4v) is 4.13. The number of methoxy groups -OCH3 is 1. The van der Waals surface area contributed by atoms with Gasteiger partial charge in [-0.1, -0.05) is 11.6 Å². The second-order valence-corrected chi connectivity index (χ2v) is 8.11. The third-order valence-corrected chi connectivity index (χ3v) is 5.97.